The molecule has 0 saturated carbocycles. The lowest BCUT2D eigenvalue weighted by atomic mass is 9.87. The van der Waals surface area contributed by atoms with Gasteiger partial charge in [-0.2, -0.15) is 0 Å². The van der Waals surface area contributed by atoms with Crippen LogP contribution in [0.15, 0.2) is 36.7 Å². The van der Waals surface area contributed by atoms with Crippen LogP contribution in [0.3, 0.4) is 0 Å². The molecule has 4 heteroatoms. The Labute approximate surface area is 126 Å². The number of nitrogens with one attached hydrogen (secondary N) is 1. The van der Waals surface area contributed by atoms with Gasteiger partial charge in [-0.25, -0.2) is 4.98 Å². The van der Waals surface area contributed by atoms with Crippen LogP contribution in [0.1, 0.15) is 39.0 Å². The van der Waals surface area contributed by atoms with Crippen LogP contribution in [0.25, 0.3) is 0 Å². The number of ether oxygens (including phenoxy) is 1. The molecule has 0 aliphatic carbocycles. The summed E-state index contributed by atoms with van der Waals surface area (Å²) in [6, 6.07) is 8.11. The number of hydrogen-bond donors (Lipinski definition) is 1. The largest absolute Gasteiger partial charge is 0.438 e. The first kappa shape index (κ1) is 15.4. The SMILES string of the molecule is CCNCc1cnc(Oc2ccc(C(C)(C)C)cc2)cn1. The quantitative estimate of drug-likeness (QED) is 0.910. The maximum Gasteiger partial charge on any atom is 0.237 e. The zero-order chi connectivity index (χ0) is 15.3. The van der Waals surface area contributed by atoms with E-state index in [1.165, 1.54) is 5.56 Å². The van der Waals surface area contributed by atoms with Crippen molar-refractivity contribution in [3.8, 4) is 11.6 Å². The third-order valence-electron chi connectivity index (χ3n) is 3.18. The van der Waals surface area contributed by atoms with Gasteiger partial charge in [0.1, 0.15) is 5.75 Å². The molecule has 2 rings (SSSR count). The fourth-order valence-corrected chi connectivity index (χ4v) is 1.88. The summed E-state index contributed by atoms with van der Waals surface area (Å²) in [6.45, 7) is 10.3. The molecule has 0 spiro atoms. The summed E-state index contributed by atoms with van der Waals surface area (Å²) in [5, 5.41) is 3.21. The molecule has 0 bridgehead atoms. The molecular weight excluding hydrogens is 262 g/mol. The molecule has 2 aromatic rings. The molecule has 0 fully saturated rings. The van der Waals surface area contributed by atoms with Crippen LogP contribution in [-0.2, 0) is 12.0 Å². The van der Waals surface area contributed by atoms with Crippen molar-refractivity contribution in [3.63, 3.8) is 0 Å². The first-order valence-electron chi connectivity index (χ1n) is 7.29. The summed E-state index contributed by atoms with van der Waals surface area (Å²) >= 11 is 0. The summed E-state index contributed by atoms with van der Waals surface area (Å²) in [6.07, 6.45) is 3.39. The summed E-state index contributed by atoms with van der Waals surface area (Å²) < 4.78 is 5.71. The van der Waals surface area contributed by atoms with Gasteiger partial charge >= 0.3 is 0 Å². The van der Waals surface area contributed by atoms with E-state index in [0.29, 0.717) is 5.88 Å². The van der Waals surface area contributed by atoms with Gasteiger partial charge in [0.25, 0.3) is 0 Å². The average molecular weight is 285 g/mol. The van der Waals surface area contributed by atoms with Gasteiger partial charge in [-0.1, -0.05) is 39.8 Å². The summed E-state index contributed by atoms with van der Waals surface area (Å²) in [4.78, 5) is 8.59. The Kier molecular flexibility index (Phi) is 4.91. The van der Waals surface area contributed by atoms with Gasteiger partial charge in [0.05, 0.1) is 18.1 Å². The number of rotatable bonds is 5. The molecule has 0 aliphatic rings. The Morgan fingerprint density at radius 1 is 1.05 bits per heavy atom. The highest BCUT2D eigenvalue weighted by molar-refractivity contribution is 5.33. The van der Waals surface area contributed by atoms with Crippen molar-refractivity contribution < 1.29 is 4.74 Å². The second kappa shape index (κ2) is 6.68. The summed E-state index contributed by atoms with van der Waals surface area (Å²) in [5.41, 5.74) is 2.33. The van der Waals surface area contributed by atoms with Gasteiger partial charge in [0.15, 0.2) is 0 Å². The van der Waals surface area contributed by atoms with E-state index in [2.05, 4.69) is 55.1 Å². The molecule has 1 N–H and O–H groups in total. The van der Waals surface area contributed by atoms with Crippen LogP contribution < -0.4 is 10.1 Å². The van der Waals surface area contributed by atoms with E-state index >= 15 is 0 Å². The molecule has 1 aromatic carbocycles. The highest BCUT2D eigenvalue weighted by atomic mass is 16.5. The van der Waals surface area contributed by atoms with Crippen molar-refractivity contribution >= 4 is 0 Å². The van der Waals surface area contributed by atoms with Crippen LogP contribution in [0.2, 0.25) is 0 Å². The highest BCUT2D eigenvalue weighted by Gasteiger charge is 2.13. The highest BCUT2D eigenvalue weighted by Crippen LogP contribution is 2.25. The van der Waals surface area contributed by atoms with Crippen LogP contribution in [-0.4, -0.2) is 16.5 Å². The molecule has 112 valence electrons. The zero-order valence-corrected chi connectivity index (χ0v) is 13.2. The predicted molar refractivity (Wildman–Crippen MR) is 84.6 cm³/mol. The number of benzene rings is 1. The number of hydrogen-bond acceptors (Lipinski definition) is 4. The van der Waals surface area contributed by atoms with Gasteiger partial charge < -0.3 is 10.1 Å². The topological polar surface area (TPSA) is 47.0 Å². The Bertz CT molecular complexity index is 556. The normalized spacial score (nSPS) is 11.4. The molecule has 4 nitrogen and oxygen atoms in total. The standard InChI is InChI=1S/C17H23N3O/c1-5-18-10-14-11-20-16(12-19-14)21-15-8-6-13(7-9-15)17(2,3)4/h6-9,11-12,18H,5,10H2,1-4H3. The maximum absolute atomic E-state index is 5.71. The minimum Gasteiger partial charge on any atom is -0.438 e. The third-order valence-corrected chi connectivity index (χ3v) is 3.18. The molecular formula is C17H23N3O. The van der Waals surface area contributed by atoms with Crippen molar-refractivity contribution in [1.29, 1.82) is 0 Å². The third kappa shape index (κ3) is 4.53. The Hall–Kier alpha value is -1.94. The van der Waals surface area contributed by atoms with Crippen molar-refractivity contribution in [1.82, 2.24) is 15.3 Å². The lowest BCUT2D eigenvalue weighted by molar-refractivity contribution is 0.458. The van der Waals surface area contributed by atoms with Crippen LogP contribution in [0.5, 0.6) is 11.6 Å². The van der Waals surface area contributed by atoms with Gasteiger partial charge in [-0.3, -0.25) is 4.98 Å². The molecule has 0 radical (unpaired) electrons. The summed E-state index contributed by atoms with van der Waals surface area (Å²) in [7, 11) is 0. The minimum absolute atomic E-state index is 0.145. The van der Waals surface area contributed by atoms with E-state index < -0.39 is 0 Å². The molecule has 0 saturated heterocycles. The molecule has 1 heterocycles. The lowest BCUT2D eigenvalue weighted by Crippen LogP contribution is -2.13. The lowest BCUT2D eigenvalue weighted by Gasteiger charge is -2.19. The second-order valence-electron chi connectivity index (χ2n) is 6.00. The Morgan fingerprint density at radius 3 is 2.29 bits per heavy atom. The van der Waals surface area contributed by atoms with Crippen molar-refractivity contribution in [2.45, 2.75) is 39.7 Å². The molecule has 1 aromatic heterocycles. The monoisotopic (exact) mass is 285 g/mol. The molecule has 21 heavy (non-hydrogen) atoms. The van der Waals surface area contributed by atoms with E-state index in [1.54, 1.807) is 12.4 Å². The van der Waals surface area contributed by atoms with E-state index in [9.17, 15) is 0 Å². The van der Waals surface area contributed by atoms with Gasteiger partial charge in [0.2, 0.25) is 5.88 Å². The Morgan fingerprint density at radius 2 is 1.76 bits per heavy atom. The van der Waals surface area contributed by atoms with Crippen molar-refractivity contribution in [2.75, 3.05) is 6.54 Å². The smallest absolute Gasteiger partial charge is 0.237 e. The number of nitrogens with zero attached hydrogens (tertiary/aromatic N) is 2. The van der Waals surface area contributed by atoms with E-state index in [0.717, 1.165) is 24.5 Å². The molecule has 0 atom stereocenters. The first-order chi connectivity index (χ1) is 9.99. The van der Waals surface area contributed by atoms with Crippen molar-refractivity contribution in [3.05, 3.63) is 47.9 Å². The van der Waals surface area contributed by atoms with Crippen LogP contribution >= 0.6 is 0 Å². The van der Waals surface area contributed by atoms with E-state index in [4.69, 9.17) is 4.74 Å². The molecule has 0 unspecified atom stereocenters. The summed E-state index contributed by atoms with van der Waals surface area (Å²) in [5.74, 6) is 1.29. The molecule has 0 aliphatic heterocycles. The van der Waals surface area contributed by atoms with Crippen LogP contribution in [0, 0.1) is 0 Å². The minimum atomic E-state index is 0.145. The first-order valence-corrected chi connectivity index (χ1v) is 7.29. The Balaban J connectivity index is 2.01. The van der Waals surface area contributed by atoms with E-state index in [-0.39, 0.29) is 5.41 Å². The fraction of sp³-hybridized carbons (Fsp3) is 0.412. The van der Waals surface area contributed by atoms with Crippen LogP contribution in [0.4, 0.5) is 0 Å². The number of aromatic nitrogens is 2. The predicted octanol–water partition coefficient (Wildman–Crippen LogP) is 3.68. The van der Waals surface area contributed by atoms with Gasteiger partial charge in [-0.05, 0) is 29.7 Å². The second-order valence-corrected chi connectivity index (χ2v) is 6.00. The van der Waals surface area contributed by atoms with Crippen molar-refractivity contribution in [2.24, 2.45) is 0 Å². The van der Waals surface area contributed by atoms with Gasteiger partial charge in [0, 0.05) is 6.54 Å². The average Bonchev–Trinajstić information content (AvgIpc) is 2.46. The molecule has 0 amide bonds. The fourth-order valence-electron chi connectivity index (χ4n) is 1.88. The zero-order valence-electron chi connectivity index (χ0n) is 13.2. The maximum atomic E-state index is 5.71. The van der Waals surface area contributed by atoms with Gasteiger partial charge in [-0.15, -0.1) is 0 Å². The van der Waals surface area contributed by atoms with E-state index in [1.807, 2.05) is 12.1 Å².